The quantitative estimate of drug-likeness (QED) is 0.739. The predicted octanol–water partition coefficient (Wildman–Crippen LogP) is 1.94. The Hall–Kier alpha value is -2.28. The Kier molecular flexibility index (Phi) is 3.33. The minimum atomic E-state index is -0.605. The van der Waals surface area contributed by atoms with Crippen LogP contribution in [-0.2, 0) is 0 Å². The van der Waals surface area contributed by atoms with Crippen LogP contribution >= 0.6 is 12.2 Å². The fraction of sp³-hybridized carbons (Fsp3) is 0.0909. The van der Waals surface area contributed by atoms with E-state index in [1.807, 2.05) is 0 Å². The molecule has 0 amide bonds. The second kappa shape index (κ2) is 4.92. The van der Waals surface area contributed by atoms with Crippen molar-refractivity contribution in [2.24, 2.45) is 0 Å². The summed E-state index contributed by atoms with van der Waals surface area (Å²) in [6.45, 7) is 0. The molecule has 0 atom stereocenters. The molecule has 0 aliphatic heterocycles. The number of benzene rings is 1. The molecular weight excluding hydrogens is 256 g/mol. The number of methoxy groups -OCH3 is 1. The fourth-order valence-corrected chi connectivity index (χ4v) is 1.51. The van der Waals surface area contributed by atoms with Crippen molar-refractivity contribution in [3.63, 3.8) is 0 Å². The predicted molar refractivity (Wildman–Crippen MR) is 67.0 cm³/mol. The monoisotopic (exact) mass is 266 g/mol. The maximum Gasteiger partial charge on any atom is 0.298 e. The van der Waals surface area contributed by atoms with Crippen LogP contribution in [0.4, 0.5) is 0 Å². The van der Waals surface area contributed by atoms with Crippen molar-refractivity contribution in [2.45, 2.75) is 0 Å². The van der Waals surface area contributed by atoms with Crippen LogP contribution in [-0.4, -0.2) is 22.2 Å². The number of rotatable bonds is 3. The van der Waals surface area contributed by atoms with Gasteiger partial charge in [0.15, 0.2) is 4.77 Å². The standard InChI is InChI=1S/C11H10N2O4S/c1-16-6-2-4-7(5-3-6)17-8-9(14)12-11(18)13-10(8)15/h2-5H,1H3,(H3,12,13,14,15,18). The van der Waals surface area contributed by atoms with Crippen LogP contribution in [0.5, 0.6) is 23.1 Å². The van der Waals surface area contributed by atoms with Gasteiger partial charge in [-0.05, 0) is 36.5 Å². The highest BCUT2D eigenvalue weighted by Crippen LogP contribution is 2.25. The first kappa shape index (κ1) is 12.2. The van der Waals surface area contributed by atoms with Gasteiger partial charge in [-0.3, -0.25) is 14.8 Å². The second-order valence-electron chi connectivity index (χ2n) is 3.36. The lowest BCUT2D eigenvalue weighted by Gasteiger charge is -2.06. The van der Waals surface area contributed by atoms with Gasteiger partial charge in [-0.15, -0.1) is 0 Å². The van der Waals surface area contributed by atoms with Crippen molar-refractivity contribution >= 4 is 12.2 Å². The van der Waals surface area contributed by atoms with Gasteiger partial charge >= 0.3 is 0 Å². The van der Waals surface area contributed by atoms with E-state index in [0.717, 1.165) is 0 Å². The third-order valence-electron chi connectivity index (χ3n) is 2.16. The van der Waals surface area contributed by atoms with Gasteiger partial charge in [-0.2, -0.15) is 0 Å². The first-order valence-corrected chi connectivity index (χ1v) is 5.38. The number of ether oxygens (including phenoxy) is 2. The number of aromatic nitrogens is 2. The van der Waals surface area contributed by atoms with E-state index in [1.54, 1.807) is 31.4 Å². The number of aromatic hydroxyl groups is 1. The normalized spacial score (nSPS) is 10.1. The van der Waals surface area contributed by atoms with Crippen LogP contribution in [0.15, 0.2) is 29.1 Å². The zero-order chi connectivity index (χ0) is 13.1. The van der Waals surface area contributed by atoms with Crippen LogP contribution in [0.1, 0.15) is 0 Å². The molecular formula is C11H10N2O4S. The van der Waals surface area contributed by atoms with Crippen molar-refractivity contribution in [2.75, 3.05) is 7.11 Å². The first-order chi connectivity index (χ1) is 8.60. The molecule has 0 saturated heterocycles. The molecule has 1 aromatic heterocycles. The molecule has 0 aliphatic carbocycles. The molecule has 0 saturated carbocycles. The maximum atomic E-state index is 11.5. The zero-order valence-corrected chi connectivity index (χ0v) is 10.2. The fourth-order valence-electron chi connectivity index (χ4n) is 1.32. The average molecular weight is 266 g/mol. The number of hydrogen-bond acceptors (Lipinski definition) is 5. The maximum absolute atomic E-state index is 11.5. The van der Waals surface area contributed by atoms with Crippen LogP contribution in [0.2, 0.25) is 0 Å². The molecule has 6 nitrogen and oxygen atoms in total. The van der Waals surface area contributed by atoms with E-state index in [4.69, 9.17) is 21.7 Å². The summed E-state index contributed by atoms with van der Waals surface area (Å²) >= 11 is 4.70. The molecule has 1 heterocycles. The summed E-state index contributed by atoms with van der Waals surface area (Å²) in [6, 6.07) is 6.57. The van der Waals surface area contributed by atoms with Crippen LogP contribution in [0.25, 0.3) is 0 Å². The summed E-state index contributed by atoms with van der Waals surface area (Å²) in [5.41, 5.74) is -0.605. The van der Waals surface area contributed by atoms with E-state index in [-0.39, 0.29) is 10.5 Å². The number of H-pyrrole nitrogens is 2. The van der Waals surface area contributed by atoms with Crippen LogP contribution in [0.3, 0.4) is 0 Å². The Morgan fingerprint density at radius 3 is 2.33 bits per heavy atom. The van der Waals surface area contributed by atoms with Gasteiger partial charge in [-0.25, -0.2) is 0 Å². The minimum absolute atomic E-state index is 0.0274. The molecule has 2 aromatic rings. The van der Waals surface area contributed by atoms with Crippen molar-refractivity contribution in [3.8, 4) is 23.1 Å². The highest BCUT2D eigenvalue weighted by molar-refractivity contribution is 7.71. The van der Waals surface area contributed by atoms with Gasteiger partial charge in [0, 0.05) is 0 Å². The second-order valence-corrected chi connectivity index (χ2v) is 3.77. The first-order valence-electron chi connectivity index (χ1n) is 4.97. The molecule has 0 spiro atoms. The molecule has 7 heteroatoms. The zero-order valence-electron chi connectivity index (χ0n) is 9.39. The van der Waals surface area contributed by atoms with E-state index >= 15 is 0 Å². The van der Waals surface area contributed by atoms with Gasteiger partial charge in [0.05, 0.1) is 7.11 Å². The Balaban J connectivity index is 2.34. The SMILES string of the molecule is COc1ccc(Oc2c(O)[nH]c(=S)[nH]c2=O)cc1. The molecule has 0 fully saturated rings. The lowest BCUT2D eigenvalue weighted by molar-refractivity contribution is 0.387. The molecule has 18 heavy (non-hydrogen) atoms. The minimum Gasteiger partial charge on any atom is -0.497 e. The Labute approximate surface area is 107 Å². The van der Waals surface area contributed by atoms with E-state index in [1.165, 1.54) is 0 Å². The van der Waals surface area contributed by atoms with Gasteiger partial charge < -0.3 is 14.6 Å². The summed E-state index contributed by atoms with van der Waals surface area (Å²) < 4.78 is 10.3. The highest BCUT2D eigenvalue weighted by Gasteiger charge is 2.10. The summed E-state index contributed by atoms with van der Waals surface area (Å²) in [6.07, 6.45) is 0. The van der Waals surface area contributed by atoms with E-state index < -0.39 is 11.4 Å². The summed E-state index contributed by atoms with van der Waals surface area (Å²) in [5, 5.41) is 9.54. The summed E-state index contributed by atoms with van der Waals surface area (Å²) in [5.74, 6) is 0.392. The third kappa shape index (κ3) is 2.51. The van der Waals surface area contributed by atoms with Crippen LogP contribution < -0.4 is 15.0 Å². The number of aromatic amines is 2. The van der Waals surface area contributed by atoms with Crippen molar-refractivity contribution in [1.82, 2.24) is 9.97 Å². The van der Waals surface area contributed by atoms with Crippen molar-refractivity contribution in [3.05, 3.63) is 39.4 Å². The van der Waals surface area contributed by atoms with Gasteiger partial charge in [0.2, 0.25) is 5.88 Å². The lowest BCUT2D eigenvalue weighted by Crippen LogP contribution is -2.10. The number of hydrogen-bond donors (Lipinski definition) is 3. The lowest BCUT2D eigenvalue weighted by atomic mass is 10.3. The Morgan fingerprint density at radius 1 is 1.17 bits per heavy atom. The van der Waals surface area contributed by atoms with E-state index in [0.29, 0.717) is 11.5 Å². The molecule has 3 N–H and O–H groups in total. The van der Waals surface area contributed by atoms with Gasteiger partial charge in [-0.1, -0.05) is 0 Å². The molecule has 2 rings (SSSR count). The topological polar surface area (TPSA) is 87.3 Å². The van der Waals surface area contributed by atoms with Crippen LogP contribution in [0, 0.1) is 4.77 Å². The summed E-state index contributed by atoms with van der Waals surface area (Å²) in [7, 11) is 1.55. The molecule has 0 radical (unpaired) electrons. The molecule has 1 aromatic carbocycles. The molecule has 0 unspecified atom stereocenters. The number of nitrogens with one attached hydrogen (secondary N) is 2. The highest BCUT2D eigenvalue weighted by atomic mass is 32.1. The average Bonchev–Trinajstić information content (AvgIpc) is 2.34. The third-order valence-corrected chi connectivity index (χ3v) is 2.36. The smallest absolute Gasteiger partial charge is 0.298 e. The Morgan fingerprint density at radius 2 is 1.78 bits per heavy atom. The molecule has 94 valence electrons. The van der Waals surface area contributed by atoms with E-state index in [9.17, 15) is 9.90 Å². The molecule has 0 aliphatic rings. The summed E-state index contributed by atoms with van der Waals surface area (Å²) in [4.78, 5) is 16.2. The largest absolute Gasteiger partial charge is 0.497 e. The molecule has 0 bridgehead atoms. The van der Waals surface area contributed by atoms with Gasteiger partial charge in [0.1, 0.15) is 11.5 Å². The van der Waals surface area contributed by atoms with Crippen molar-refractivity contribution in [1.29, 1.82) is 0 Å². The Bertz CT molecular complexity index is 660. The van der Waals surface area contributed by atoms with Gasteiger partial charge in [0.25, 0.3) is 11.3 Å². The van der Waals surface area contributed by atoms with Crippen molar-refractivity contribution < 1.29 is 14.6 Å². The van der Waals surface area contributed by atoms with E-state index in [2.05, 4.69) is 9.97 Å².